The number of phenolic OH excluding ortho intramolecular Hbond substituents is 1. The van der Waals surface area contributed by atoms with E-state index in [-0.39, 0.29) is 10.8 Å². The molecule has 0 atom stereocenters. The fourth-order valence-corrected chi connectivity index (χ4v) is 2.77. The Labute approximate surface area is 135 Å². The van der Waals surface area contributed by atoms with Crippen LogP contribution in [0.5, 0.6) is 5.75 Å². The average molecular weight is 296 g/mol. The molecule has 0 unspecified atom stereocenters. The monoisotopic (exact) mass is 296 g/mol. The third kappa shape index (κ3) is 3.35. The summed E-state index contributed by atoms with van der Waals surface area (Å²) in [5.74, 6) is 0.441. The van der Waals surface area contributed by atoms with E-state index in [2.05, 4.69) is 84.9 Å². The van der Waals surface area contributed by atoms with Gasteiger partial charge in [0.15, 0.2) is 0 Å². The smallest absolute Gasteiger partial charge is 0.123 e. The van der Waals surface area contributed by atoms with Crippen molar-refractivity contribution in [1.82, 2.24) is 0 Å². The highest BCUT2D eigenvalue weighted by Gasteiger charge is 2.26. The van der Waals surface area contributed by atoms with Crippen molar-refractivity contribution in [3.05, 3.63) is 53.1 Å². The first-order chi connectivity index (χ1) is 10.00. The predicted molar refractivity (Wildman–Crippen MR) is 95.7 cm³/mol. The zero-order valence-corrected chi connectivity index (χ0v) is 14.9. The van der Waals surface area contributed by atoms with Gasteiger partial charge in [-0.1, -0.05) is 71.4 Å². The number of benzene rings is 2. The van der Waals surface area contributed by atoms with Gasteiger partial charge in [0.2, 0.25) is 0 Å². The zero-order chi connectivity index (χ0) is 16.7. The summed E-state index contributed by atoms with van der Waals surface area (Å²) in [6.07, 6.45) is 0. The summed E-state index contributed by atoms with van der Waals surface area (Å²) in [6.45, 7) is 15.0. The molecule has 118 valence electrons. The molecular formula is C21H28O. The summed E-state index contributed by atoms with van der Waals surface area (Å²) in [5, 5.41) is 10.8. The van der Waals surface area contributed by atoms with E-state index < -0.39 is 0 Å². The van der Waals surface area contributed by atoms with Gasteiger partial charge in [-0.05, 0) is 41.0 Å². The quantitative estimate of drug-likeness (QED) is 0.688. The maximum Gasteiger partial charge on any atom is 0.123 e. The average Bonchev–Trinajstić information content (AvgIpc) is 2.36. The second kappa shape index (κ2) is 5.46. The third-order valence-electron chi connectivity index (χ3n) is 4.08. The van der Waals surface area contributed by atoms with Crippen LogP contribution in [0.15, 0.2) is 36.4 Å². The summed E-state index contributed by atoms with van der Waals surface area (Å²) >= 11 is 0. The lowest BCUT2D eigenvalue weighted by Crippen LogP contribution is -2.17. The summed E-state index contributed by atoms with van der Waals surface area (Å²) in [7, 11) is 0. The molecule has 0 saturated heterocycles. The Morgan fingerprint density at radius 3 is 1.64 bits per heavy atom. The summed E-state index contributed by atoms with van der Waals surface area (Å²) in [5.41, 5.74) is 5.47. The maximum atomic E-state index is 10.8. The van der Waals surface area contributed by atoms with Gasteiger partial charge in [-0.3, -0.25) is 0 Å². The highest BCUT2D eigenvalue weighted by Crippen LogP contribution is 2.41. The van der Waals surface area contributed by atoms with Crippen molar-refractivity contribution in [1.29, 1.82) is 0 Å². The van der Waals surface area contributed by atoms with Crippen molar-refractivity contribution >= 4 is 0 Å². The summed E-state index contributed by atoms with van der Waals surface area (Å²) in [4.78, 5) is 0. The van der Waals surface area contributed by atoms with Gasteiger partial charge in [0.05, 0.1) is 0 Å². The van der Waals surface area contributed by atoms with Crippen LogP contribution in [0.2, 0.25) is 0 Å². The molecule has 2 aromatic carbocycles. The first-order valence-electron chi connectivity index (χ1n) is 7.95. The predicted octanol–water partition coefficient (Wildman–Crippen LogP) is 5.96. The van der Waals surface area contributed by atoms with Gasteiger partial charge in [0.1, 0.15) is 5.75 Å². The largest absolute Gasteiger partial charge is 0.507 e. The van der Waals surface area contributed by atoms with E-state index in [1.807, 2.05) is 0 Å². The molecule has 0 radical (unpaired) electrons. The van der Waals surface area contributed by atoms with E-state index in [0.717, 1.165) is 11.1 Å². The van der Waals surface area contributed by atoms with Crippen LogP contribution in [-0.4, -0.2) is 5.11 Å². The number of hydrogen-bond acceptors (Lipinski definition) is 1. The molecule has 2 rings (SSSR count). The van der Waals surface area contributed by atoms with Crippen LogP contribution in [0, 0.1) is 6.92 Å². The van der Waals surface area contributed by atoms with E-state index in [4.69, 9.17) is 0 Å². The summed E-state index contributed by atoms with van der Waals surface area (Å²) in [6, 6.07) is 12.8. The molecule has 0 amide bonds. The van der Waals surface area contributed by atoms with E-state index in [9.17, 15) is 5.11 Å². The van der Waals surface area contributed by atoms with Gasteiger partial charge < -0.3 is 5.11 Å². The van der Waals surface area contributed by atoms with Gasteiger partial charge in [0, 0.05) is 11.1 Å². The lowest BCUT2D eigenvalue weighted by Gasteiger charge is -2.28. The maximum absolute atomic E-state index is 10.8. The van der Waals surface area contributed by atoms with Crippen molar-refractivity contribution in [3.63, 3.8) is 0 Å². The third-order valence-corrected chi connectivity index (χ3v) is 4.08. The Morgan fingerprint density at radius 2 is 1.23 bits per heavy atom. The van der Waals surface area contributed by atoms with Crippen molar-refractivity contribution in [2.45, 2.75) is 59.3 Å². The molecule has 0 aliphatic rings. The molecule has 0 spiro atoms. The molecule has 0 aliphatic carbocycles. The SMILES string of the molecule is Cc1cccc(-c2cc(C(C)(C)C)c(O)c(C(C)(C)C)c2)c1. The molecule has 0 fully saturated rings. The minimum absolute atomic E-state index is 0.0933. The molecule has 0 aromatic heterocycles. The van der Waals surface area contributed by atoms with Gasteiger partial charge in [-0.15, -0.1) is 0 Å². The van der Waals surface area contributed by atoms with Gasteiger partial charge >= 0.3 is 0 Å². The molecule has 1 nitrogen and oxygen atoms in total. The molecule has 1 N–H and O–H groups in total. The van der Waals surface area contributed by atoms with Crippen molar-refractivity contribution < 1.29 is 5.11 Å². The Balaban J connectivity index is 2.76. The molecular weight excluding hydrogens is 268 g/mol. The van der Waals surface area contributed by atoms with Crippen LogP contribution in [-0.2, 0) is 10.8 Å². The fraction of sp³-hybridized carbons (Fsp3) is 0.429. The summed E-state index contributed by atoms with van der Waals surface area (Å²) < 4.78 is 0. The number of phenols is 1. The topological polar surface area (TPSA) is 20.2 Å². The van der Waals surface area contributed by atoms with Crippen molar-refractivity contribution in [2.75, 3.05) is 0 Å². The molecule has 0 aliphatic heterocycles. The number of hydrogen-bond donors (Lipinski definition) is 1. The minimum atomic E-state index is -0.0933. The normalized spacial score (nSPS) is 12.5. The van der Waals surface area contributed by atoms with Crippen molar-refractivity contribution in [2.24, 2.45) is 0 Å². The minimum Gasteiger partial charge on any atom is -0.507 e. The highest BCUT2D eigenvalue weighted by molar-refractivity contribution is 5.69. The van der Waals surface area contributed by atoms with Crippen LogP contribution >= 0.6 is 0 Å². The highest BCUT2D eigenvalue weighted by atomic mass is 16.3. The first-order valence-corrected chi connectivity index (χ1v) is 7.95. The number of aryl methyl sites for hydroxylation is 1. The van der Waals surface area contributed by atoms with Crippen LogP contribution in [0.3, 0.4) is 0 Å². The first kappa shape index (κ1) is 16.6. The standard InChI is InChI=1S/C21H28O/c1-14-9-8-10-15(11-14)16-12-17(20(2,3)4)19(22)18(13-16)21(5,6)7/h8-13,22H,1-7H3. The second-order valence-corrected chi connectivity index (χ2v) is 8.29. The van der Waals surface area contributed by atoms with E-state index in [0.29, 0.717) is 5.75 Å². The van der Waals surface area contributed by atoms with Gasteiger partial charge in [0.25, 0.3) is 0 Å². The zero-order valence-electron chi connectivity index (χ0n) is 14.9. The van der Waals surface area contributed by atoms with Gasteiger partial charge in [-0.2, -0.15) is 0 Å². The molecule has 0 heterocycles. The molecule has 1 heteroatoms. The lowest BCUT2D eigenvalue weighted by atomic mass is 9.77. The Morgan fingerprint density at radius 1 is 0.727 bits per heavy atom. The molecule has 22 heavy (non-hydrogen) atoms. The number of aromatic hydroxyl groups is 1. The fourth-order valence-electron chi connectivity index (χ4n) is 2.77. The van der Waals surface area contributed by atoms with Gasteiger partial charge in [-0.25, -0.2) is 0 Å². The Bertz CT molecular complexity index is 647. The lowest BCUT2D eigenvalue weighted by molar-refractivity contribution is 0.423. The van der Waals surface area contributed by atoms with E-state index in [1.54, 1.807) is 0 Å². The Hall–Kier alpha value is -1.76. The van der Waals surface area contributed by atoms with Crippen molar-refractivity contribution in [3.8, 4) is 16.9 Å². The van der Waals surface area contributed by atoms with Crippen LogP contribution < -0.4 is 0 Å². The van der Waals surface area contributed by atoms with E-state index >= 15 is 0 Å². The Kier molecular flexibility index (Phi) is 4.12. The molecule has 2 aromatic rings. The molecule has 0 bridgehead atoms. The van der Waals surface area contributed by atoms with Crippen LogP contribution in [0.1, 0.15) is 58.2 Å². The van der Waals surface area contributed by atoms with Crippen LogP contribution in [0.4, 0.5) is 0 Å². The van der Waals surface area contributed by atoms with Crippen LogP contribution in [0.25, 0.3) is 11.1 Å². The van der Waals surface area contributed by atoms with E-state index in [1.165, 1.54) is 16.7 Å². The number of rotatable bonds is 1. The molecule has 0 saturated carbocycles. The second-order valence-electron chi connectivity index (χ2n) is 8.29.